The topological polar surface area (TPSA) is 52.6 Å². The van der Waals surface area contributed by atoms with E-state index in [-0.39, 0.29) is 11.9 Å². The second-order valence-corrected chi connectivity index (χ2v) is 5.69. The van der Waals surface area contributed by atoms with Gasteiger partial charge in [-0.3, -0.25) is 4.79 Å². The Labute approximate surface area is 135 Å². The first-order valence-corrected chi connectivity index (χ1v) is 8.41. The molecular formula is C17H22O4S. The van der Waals surface area contributed by atoms with E-state index in [1.165, 1.54) is 11.8 Å². The van der Waals surface area contributed by atoms with Gasteiger partial charge < -0.3 is 9.47 Å². The Morgan fingerprint density at radius 2 is 1.91 bits per heavy atom. The maximum absolute atomic E-state index is 11.6. The van der Waals surface area contributed by atoms with Crippen molar-refractivity contribution in [3.8, 4) is 0 Å². The molecule has 0 aliphatic rings. The normalized spacial score (nSPS) is 10.0. The summed E-state index contributed by atoms with van der Waals surface area (Å²) >= 11 is 1.49. The van der Waals surface area contributed by atoms with Crippen molar-refractivity contribution in [1.82, 2.24) is 0 Å². The van der Waals surface area contributed by atoms with Crippen LogP contribution in [0.1, 0.15) is 18.9 Å². The summed E-state index contributed by atoms with van der Waals surface area (Å²) in [5.74, 6) is 0.555. The SMILES string of the molecule is C=C(CSCCOC(=O)CCc1ccccc1)C(=O)OCC. The van der Waals surface area contributed by atoms with Crippen molar-refractivity contribution in [2.45, 2.75) is 19.8 Å². The van der Waals surface area contributed by atoms with Crippen LogP contribution < -0.4 is 0 Å². The van der Waals surface area contributed by atoms with Gasteiger partial charge in [0.05, 0.1) is 6.61 Å². The van der Waals surface area contributed by atoms with Crippen LogP contribution in [0.25, 0.3) is 0 Å². The summed E-state index contributed by atoms with van der Waals surface area (Å²) in [4.78, 5) is 22.9. The van der Waals surface area contributed by atoms with Gasteiger partial charge in [0.2, 0.25) is 0 Å². The lowest BCUT2D eigenvalue weighted by atomic mass is 10.1. The van der Waals surface area contributed by atoms with Crippen LogP contribution in [0.2, 0.25) is 0 Å². The van der Waals surface area contributed by atoms with Gasteiger partial charge in [-0.1, -0.05) is 36.9 Å². The summed E-state index contributed by atoms with van der Waals surface area (Å²) in [6, 6.07) is 9.83. The molecule has 0 aromatic heterocycles. The molecular weight excluding hydrogens is 300 g/mol. The van der Waals surface area contributed by atoms with Gasteiger partial charge in [0.25, 0.3) is 0 Å². The molecule has 0 radical (unpaired) electrons. The lowest BCUT2D eigenvalue weighted by Gasteiger charge is -2.06. The van der Waals surface area contributed by atoms with Gasteiger partial charge in [-0.25, -0.2) is 4.79 Å². The monoisotopic (exact) mass is 322 g/mol. The molecule has 0 bridgehead atoms. The van der Waals surface area contributed by atoms with Crippen LogP contribution in [0, 0.1) is 0 Å². The van der Waals surface area contributed by atoms with Crippen molar-refractivity contribution in [3.05, 3.63) is 48.0 Å². The molecule has 0 fully saturated rings. The Kier molecular flexibility index (Phi) is 9.07. The van der Waals surface area contributed by atoms with Crippen molar-refractivity contribution < 1.29 is 19.1 Å². The molecule has 0 heterocycles. The number of thioether (sulfide) groups is 1. The van der Waals surface area contributed by atoms with E-state index in [0.717, 1.165) is 5.56 Å². The van der Waals surface area contributed by atoms with E-state index in [1.54, 1.807) is 6.92 Å². The number of rotatable bonds is 10. The molecule has 5 heteroatoms. The Bertz CT molecular complexity index is 485. The Balaban J connectivity index is 2.05. The largest absolute Gasteiger partial charge is 0.465 e. The molecule has 4 nitrogen and oxygen atoms in total. The second kappa shape index (κ2) is 10.9. The van der Waals surface area contributed by atoms with Gasteiger partial charge in [0.1, 0.15) is 6.61 Å². The van der Waals surface area contributed by atoms with Crippen LogP contribution in [-0.2, 0) is 25.5 Å². The zero-order valence-corrected chi connectivity index (χ0v) is 13.7. The number of carbonyl (C=O) groups excluding carboxylic acids is 2. The second-order valence-electron chi connectivity index (χ2n) is 4.58. The van der Waals surface area contributed by atoms with Crippen molar-refractivity contribution >= 4 is 23.7 Å². The molecule has 1 rings (SSSR count). The number of aryl methyl sites for hydroxylation is 1. The third-order valence-electron chi connectivity index (χ3n) is 2.79. The molecule has 1 aromatic carbocycles. The summed E-state index contributed by atoms with van der Waals surface area (Å²) in [5.41, 5.74) is 1.56. The first-order valence-electron chi connectivity index (χ1n) is 7.25. The zero-order valence-electron chi connectivity index (χ0n) is 12.9. The van der Waals surface area contributed by atoms with E-state index < -0.39 is 0 Å². The molecule has 120 valence electrons. The summed E-state index contributed by atoms with van der Waals surface area (Å²) in [6.07, 6.45) is 1.07. The maximum atomic E-state index is 11.6. The first kappa shape index (κ1) is 18.3. The van der Waals surface area contributed by atoms with Crippen LogP contribution in [0.5, 0.6) is 0 Å². The number of hydrogen-bond donors (Lipinski definition) is 0. The minimum absolute atomic E-state index is 0.200. The highest BCUT2D eigenvalue weighted by Gasteiger charge is 2.08. The predicted octanol–water partition coefficient (Wildman–Crippen LogP) is 3.01. The van der Waals surface area contributed by atoms with Crippen LogP contribution >= 0.6 is 11.8 Å². The van der Waals surface area contributed by atoms with Gasteiger partial charge in [-0.15, -0.1) is 0 Å². The van der Waals surface area contributed by atoms with E-state index >= 15 is 0 Å². The van der Waals surface area contributed by atoms with E-state index in [1.807, 2.05) is 30.3 Å². The third-order valence-corrected chi connectivity index (χ3v) is 3.80. The number of ether oxygens (including phenoxy) is 2. The summed E-state index contributed by atoms with van der Waals surface area (Å²) in [7, 11) is 0. The molecule has 0 aliphatic heterocycles. The molecule has 0 spiro atoms. The number of carbonyl (C=O) groups is 2. The maximum Gasteiger partial charge on any atom is 0.334 e. The van der Waals surface area contributed by atoms with Crippen molar-refractivity contribution in [3.63, 3.8) is 0 Å². The quantitative estimate of drug-likeness (QED) is 0.376. The summed E-state index contributed by atoms with van der Waals surface area (Å²) in [5, 5.41) is 0. The molecule has 1 aromatic rings. The van der Waals surface area contributed by atoms with Crippen LogP contribution in [0.4, 0.5) is 0 Å². The molecule has 0 aliphatic carbocycles. The van der Waals surface area contributed by atoms with Gasteiger partial charge in [0, 0.05) is 23.5 Å². The highest BCUT2D eigenvalue weighted by atomic mass is 32.2. The van der Waals surface area contributed by atoms with Crippen LogP contribution in [-0.4, -0.2) is 36.7 Å². The Hall–Kier alpha value is -1.75. The number of benzene rings is 1. The fourth-order valence-corrected chi connectivity index (χ4v) is 2.37. The molecule has 0 N–H and O–H groups in total. The summed E-state index contributed by atoms with van der Waals surface area (Å²) < 4.78 is 9.98. The number of esters is 2. The van der Waals surface area contributed by atoms with Gasteiger partial charge in [0.15, 0.2) is 0 Å². The highest BCUT2D eigenvalue weighted by Crippen LogP contribution is 2.08. The Morgan fingerprint density at radius 3 is 2.59 bits per heavy atom. The molecule has 22 heavy (non-hydrogen) atoms. The molecule has 0 saturated carbocycles. The first-order chi connectivity index (χ1) is 10.6. The molecule has 0 amide bonds. The van der Waals surface area contributed by atoms with E-state index in [0.29, 0.717) is 43.1 Å². The minimum Gasteiger partial charge on any atom is -0.465 e. The van der Waals surface area contributed by atoms with Crippen LogP contribution in [0.3, 0.4) is 0 Å². The standard InChI is InChI=1S/C17H22O4S/c1-3-20-17(19)14(2)13-22-12-11-21-16(18)10-9-15-7-5-4-6-8-15/h4-8H,2-3,9-13H2,1H3. The van der Waals surface area contributed by atoms with Gasteiger partial charge in [-0.2, -0.15) is 11.8 Å². The zero-order chi connectivity index (χ0) is 16.2. The van der Waals surface area contributed by atoms with Gasteiger partial charge in [-0.05, 0) is 18.9 Å². The van der Waals surface area contributed by atoms with Gasteiger partial charge >= 0.3 is 11.9 Å². The number of hydrogen-bond acceptors (Lipinski definition) is 5. The lowest BCUT2D eigenvalue weighted by Crippen LogP contribution is -2.11. The smallest absolute Gasteiger partial charge is 0.334 e. The van der Waals surface area contributed by atoms with Crippen molar-refractivity contribution in [2.24, 2.45) is 0 Å². The fourth-order valence-electron chi connectivity index (χ4n) is 1.67. The average Bonchev–Trinajstić information content (AvgIpc) is 2.53. The molecule has 0 saturated heterocycles. The fraction of sp³-hybridized carbons (Fsp3) is 0.412. The van der Waals surface area contributed by atoms with E-state index in [9.17, 15) is 9.59 Å². The molecule has 0 unspecified atom stereocenters. The van der Waals surface area contributed by atoms with Crippen molar-refractivity contribution in [2.75, 3.05) is 24.7 Å². The Morgan fingerprint density at radius 1 is 1.18 bits per heavy atom. The predicted molar refractivity (Wildman–Crippen MR) is 88.8 cm³/mol. The summed E-state index contributed by atoms with van der Waals surface area (Å²) in [6.45, 7) is 6.11. The lowest BCUT2D eigenvalue weighted by molar-refractivity contribution is -0.143. The molecule has 0 atom stereocenters. The highest BCUT2D eigenvalue weighted by molar-refractivity contribution is 7.99. The van der Waals surface area contributed by atoms with E-state index in [4.69, 9.17) is 9.47 Å². The van der Waals surface area contributed by atoms with E-state index in [2.05, 4.69) is 6.58 Å². The minimum atomic E-state index is -0.366. The van der Waals surface area contributed by atoms with Crippen molar-refractivity contribution in [1.29, 1.82) is 0 Å². The average molecular weight is 322 g/mol. The third kappa shape index (κ3) is 7.88. The van der Waals surface area contributed by atoms with Crippen LogP contribution in [0.15, 0.2) is 42.5 Å².